The number of ketones is 1. The van der Waals surface area contributed by atoms with Crippen LogP contribution in [0.3, 0.4) is 0 Å². The fourth-order valence-corrected chi connectivity index (χ4v) is 2.42. The molecule has 138 valence electrons. The van der Waals surface area contributed by atoms with Gasteiger partial charge in [-0.3, -0.25) is 4.79 Å². The first kappa shape index (κ1) is 19.6. The largest absolute Gasteiger partial charge is 0.377 e. The lowest BCUT2D eigenvalue weighted by Gasteiger charge is -2.12. The monoisotopic (exact) mass is 359 g/mol. The van der Waals surface area contributed by atoms with Crippen LogP contribution in [0.5, 0.6) is 0 Å². The van der Waals surface area contributed by atoms with Crippen LogP contribution in [0.1, 0.15) is 28.4 Å². The number of hydrogen-bond donors (Lipinski definition) is 1. The van der Waals surface area contributed by atoms with Crippen molar-refractivity contribution in [2.24, 2.45) is 4.99 Å². The van der Waals surface area contributed by atoms with E-state index in [9.17, 15) is 13.6 Å². The van der Waals surface area contributed by atoms with E-state index in [4.69, 9.17) is 0 Å². The molecule has 6 heteroatoms. The minimum Gasteiger partial charge on any atom is -0.377 e. The average molecular weight is 359 g/mol. The second kappa shape index (κ2) is 8.56. The van der Waals surface area contributed by atoms with Crippen molar-refractivity contribution in [3.63, 3.8) is 0 Å². The van der Waals surface area contributed by atoms with Gasteiger partial charge in [-0.1, -0.05) is 0 Å². The van der Waals surface area contributed by atoms with E-state index >= 15 is 0 Å². The second-order valence-corrected chi connectivity index (χ2v) is 6.21. The topological polar surface area (TPSA) is 44.7 Å². The van der Waals surface area contributed by atoms with Gasteiger partial charge in [-0.25, -0.2) is 13.8 Å². The van der Waals surface area contributed by atoms with Gasteiger partial charge in [0.05, 0.1) is 18.6 Å². The predicted octanol–water partition coefficient (Wildman–Crippen LogP) is 4.49. The third-order valence-corrected chi connectivity index (χ3v) is 4.05. The molecule has 0 fully saturated rings. The number of carbonyl (C=O) groups is 1. The van der Waals surface area contributed by atoms with Crippen LogP contribution < -0.4 is 5.32 Å². The number of nitrogens with zero attached hydrogens (tertiary/aromatic N) is 2. The van der Waals surface area contributed by atoms with E-state index in [1.807, 2.05) is 38.8 Å². The van der Waals surface area contributed by atoms with Crippen LogP contribution in [0.15, 0.2) is 35.3 Å². The molecule has 0 aliphatic heterocycles. The van der Waals surface area contributed by atoms with Crippen LogP contribution in [0.2, 0.25) is 0 Å². The Morgan fingerprint density at radius 2 is 1.77 bits per heavy atom. The Bertz CT molecular complexity index is 814. The van der Waals surface area contributed by atoms with Crippen LogP contribution in [-0.2, 0) is 0 Å². The van der Waals surface area contributed by atoms with Gasteiger partial charge in [0.15, 0.2) is 5.78 Å². The molecule has 0 aliphatic carbocycles. The second-order valence-electron chi connectivity index (χ2n) is 6.21. The quantitative estimate of drug-likeness (QED) is 0.450. The molecule has 2 rings (SSSR count). The summed E-state index contributed by atoms with van der Waals surface area (Å²) in [4.78, 5) is 18.9. The van der Waals surface area contributed by atoms with Crippen molar-refractivity contribution in [2.75, 3.05) is 25.5 Å². The van der Waals surface area contributed by atoms with Crippen molar-refractivity contribution in [1.29, 1.82) is 0 Å². The van der Waals surface area contributed by atoms with Gasteiger partial charge in [-0.2, -0.15) is 0 Å². The maximum Gasteiger partial charge on any atom is 0.182 e. The van der Waals surface area contributed by atoms with Gasteiger partial charge >= 0.3 is 0 Å². The zero-order valence-corrected chi connectivity index (χ0v) is 15.4. The van der Waals surface area contributed by atoms with Crippen LogP contribution >= 0.6 is 0 Å². The third kappa shape index (κ3) is 5.12. The molecule has 0 saturated carbocycles. The number of aliphatic imine (C=N–C) groups is 1. The first-order chi connectivity index (χ1) is 12.3. The van der Waals surface area contributed by atoms with Crippen molar-refractivity contribution >= 4 is 23.5 Å². The van der Waals surface area contributed by atoms with Crippen LogP contribution in [0.4, 0.5) is 20.2 Å². The first-order valence-corrected chi connectivity index (χ1v) is 8.39. The standard InChI is InChI=1S/C20H23F2N3O/c1-5-25(4)12-24-19-7-13(2)18(6-14(19)3)20(26)11-23-17-9-15(21)8-16(22)10-17/h6-10,12,23H,5,11H2,1-4H3. The molecule has 26 heavy (non-hydrogen) atoms. The third-order valence-electron chi connectivity index (χ3n) is 4.05. The molecule has 0 amide bonds. The number of carbonyl (C=O) groups excluding carboxylic acids is 1. The molecule has 0 atom stereocenters. The van der Waals surface area contributed by atoms with Crippen molar-refractivity contribution in [1.82, 2.24) is 4.90 Å². The lowest BCUT2D eigenvalue weighted by Crippen LogP contribution is -2.16. The Hall–Kier alpha value is -2.76. The first-order valence-electron chi connectivity index (χ1n) is 8.39. The van der Waals surface area contributed by atoms with Crippen LogP contribution in [0.25, 0.3) is 0 Å². The van der Waals surface area contributed by atoms with Crippen LogP contribution in [-0.4, -0.2) is 37.2 Å². The zero-order valence-electron chi connectivity index (χ0n) is 15.4. The Morgan fingerprint density at radius 3 is 2.38 bits per heavy atom. The molecule has 1 N–H and O–H groups in total. The Labute approximate surface area is 152 Å². The molecule has 0 saturated heterocycles. The summed E-state index contributed by atoms with van der Waals surface area (Å²) in [7, 11) is 1.94. The summed E-state index contributed by atoms with van der Waals surface area (Å²) in [6.45, 7) is 6.57. The molecule has 0 radical (unpaired) electrons. The number of Topliss-reactive ketones (excluding diaryl/α,β-unsaturated/α-hetero) is 1. The highest BCUT2D eigenvalue weighted by Gasteiger charge is 2.12. The molecule has 0 unspecified atom stereocenters. The summed E-state index contributed by atoms with van der Waals surface area (Å²) in [5.41, 5.74) is 3.29. The molecule has 4 nitrogen and oxygen atoms in total. The van der Waals surface area contributed by atoms with E-state index < -0.39 is 11.6 Å². The molecule has 2 aromatic carbocycles. The molecule has 0 aromatic heterocycles. The molecule has 0 heterocycles. The van der Waals surface area contributed by atoms with E-state index in [2.05, 4.69) is 10.3 Å². The number of aryl methyl sites for hydroxylation is 2. The summed E-state index contributed by atoms with van der Waals surface area (Å²) in [6, 6.07) is 6.75. The molecule has 0 spiro atoms. The van der Waals surface area contributed by atoms with E-state index in [-0.39, 0.29) is 18.0 Å². The Kier molecular flexibility index (Phi) is 6.44. The fraction of sp³-hybridized carbons (Fsp3) is 0.300. The lowest BCUT2D eigenvalue weighted by molar-refractivity contribution is 0.101. The van der Waals surface area contributed by atoms with Crippen molar-refractivity contribution < 1.29 is 13.6 Å². The van der Waals surface area contributed by atoms with E-state index in [1.54, 1.807) is 12.4 Å². The number of rotatable bonds is 7. The number of nitrogens with one attached hydrogen (secondary N) is 1. The maximum atomic E-state index is 13.2. The molecular formula is C20H23F2N3O. The van der Waals surface area contributed by atoms with Gasteiger partial charge in [0.25, 0.3) is 0 Å². The average Bonchev–Trinajstić information content (AvgIpc) is 2.58. The number of halogens is 2. The van der Waals surface area contributed by atoms with Crippen molar-refractivity contribution in [2.45, 2.75) is 20.8 Å². The van der Waals surface area contributed by atoms with Gasteiger partial charge in [0.1, 0.15) is 11.6 Å². The highest BCUT2D eigenvalue weighted by atomic mass is 19.1. The summed E-state index contributed by atoms with van der Waals surface area (Å²) in [6.07, 6.45) is 1.75. The van der Waals surface area contributed by atoms with Gasteiger partial charge in [0, 0.05) is 30.9 Å². The number of hydrogen-bond acceptors (Lipinski definition) is 3. The Morgan fingerprint density at radius 1 is 1.12 bits per heavy atom. The van der Waals surface area contributed by atoms with E-state index in [0.717, 1.165) is 41.6 Å². The van der Waals surface area contributed by atoms with Crippen molar-refractivity contribution in [3.8, 4) is 0 Å². The Balaban J connectivity index is 2.13. The van der Waals surface area contributed by atoms with Gasteiger partial charge in [-0.05, 0) is 56.2 Å². The summed E-state index contributed by atoms with van der Waals surface area (Å²) in [5, 5.41) is 2.77. The molecule has 0 bridgehead atoms. The lowest BCUT2D eigenvalue weighted by atomic mass is 10.0. The fourth-order valence-electron chi connectivity index (χ4n) is 2.42. The maximum absolute atomic E-state index is 13.2. The van der Waals surface area contributed by atoms with Crippen molar-refractivity contribution in [3.05, 3.63) is 58.7 Å². The van der Waals surface area contributed by atoms with Gasteiger partial charge in [-0.15, -0.1) is 0 Å². The SMILES string of the molecule is CCN(C)C=Nc1cc(C)c(C(=O)CNc2cc(F)cc(F)c2)cc1C. The van der Waals surface area contributed by atoms with E-state index in [0.29, 0.717) is 5.56 Å². The predicted molar refractivity (Wildman–Crippen MR) is 102 cm³/mol. The molecular weight excluding hydrogens is 336 g/mol. The summed E-state index contributed by atoms with van der Waals surface area (Å²) >= 11 is 0. The highest BCUT2D eigenvalue weighted by Crippen LogP contribution is 2.24. The molecule has 0 aliphatic rings. The normalized spacial score (nSPS) is 11.0. The van der Waals surface area contributed by atoms with Crippen LogP contribution in [0, 0.1) is 25.5 Å². The zero-order chi connectivity index (χ0) is 19.3. The number of anilines is 1. The minimum atomic E-state index is -0.689. The summed E-state index contributed by atoms with van der Waals surface area (Å²) in [5.74, 6) is -1.53. The van der Waals surface area contributed by atoms with E-state index in [1.165, 1.54) is 0 Å². The molecule has 2 aromatic rings. The number of benzene rings is 2. The highest BCUT2D eigenvalue weighted by molar-refractivity contribution is 6.00. The van der Waals surface area contributed by atoms with Gasteiger partial charge in [0.2, 0.25) is 0 Å². The smallest absolute Gasteiger partial charge is 0.182 e. The minimum absolute atomic E-state index is 0.0512. The van der Waals surface area contributed by atoms with Gasteiger partial charge < -0.3 is 10.2 Å². The summed E-state index contributed by atoms with van der Waals surface area (Å²) < 4.78 is 26.4.